The third-order valence-electron chi connectivity index (χ3n) is 7.88. The second kappa shape index (κ2) is 9.97. The lowest BCUT2D eigenvalue weighted by atomic mass is 9.91. The molecule has 39 heavy (non-hydrogen) atoms. The third-order valence-corrected chi connectivity index (χ3v) is 7.88. The fraction of sp³-hybridized carbons (Fsp3) is 0.448. The second-order valence-corrected chi connectivity index (χ2v) is 10.7. The zero-order valence-corrected chi connectivity index (χ0v) is 21.8. The molecular weight excluding hydrogens is 499 g/mol. The van der Waals surface area contributed by atoms with Crippen LogP contribution in [0.25, 0.3) is 11.0 Å². The van der Waals surface area contributed by atoms with Crippen LogP contribution < -0.4 is 11.1 Å². The van der Waals surface area contributed by atoms with Gasteiger partial charge in [-0.25, -0.2) is 9.37 Å². The summed E-state index contributed by atoms with van der Waals surface area (Å²) in [7, 11) is 1.60. The molecule has 0 bridgehead atoms. The Labute approximate surface area is 226 Å². The van der Waals surface area contributed by atoms with E-state index in [9.17, 15) is 9.59 Å². The molecule has 202 valence electrons. The minimum absolute atomic E-state index is 0.0559. The summed E-state index contributed by atoms with van der Waals surface area (Å²) in [5.41, 5.74) is 8.59. The molecule has 1 saturated heterocycles. The van der Waals surface area contributed by atoms with Crippen LogP contribution in [0.5, 0.6) is 0 Å². The molecule has 3 fully saturated rings. The summed E-state index contributed by atoms with van der Waals surface area (Å²) < 4.78 is 22.5. The number of allylic oxidation sites excluding steroid dienone is 1. The van der Waals surface area contributed by atoms with Gasteiger partial charge >= 0.3 is 0 Å². The van der Waals surface area contributed by atoms with E-state index >= 15 is 4.39 Å². The van der Waals surface area contributed by atoms with Gasteiger partial charge in [0.2, 0.25) is 5.91 Å². The first kappa shape index (κ1) is 25.3. The van der Waals surface area contributed by atoms with Crippen molar-refractivity contribution >= 4 is 28.6 Å². The molecule has 10 heteroatoms. The van der Waals surface area contributed by atoms with E-state index in [2.05, 4.69) is 28.7 Å². The topological polar surface area (TPSA) is 115 Å². The molecule has 2 amide bonds. The van der Waals surface area contributed by atoms with Crippen molar-refractivity contribution in [2.24, 2.45) is 16.6 Å². The first-order valence-corrected chi connectivity index (χ1v) is 13.4. The van der Waals surface area contributed by atoms with Crippen molar-refractivity contribution in [2.45, 2.75) is 56.3 Å². The number of hydrogen-bond acceptors (Lipinski definition) is 6. The van der Waals surface area contributed by atoms with E-state index in [0.29, 0.717) is 42.5 Å². The number of amides is 2. The molecule has 2 aromatic rings. The number of hydrogen-bond donors (Lipinski definition) is 2. The minimum Gasteiger partial charge on any atom is -0.383 e. The van der Waals surface area contributed by atoms with E-state index in [0.717, 1.165) is 31.2 Å². The van der Waals surface area contributed by atoms with E-state index in [4.69, 9.17) is 15.5 Å². The number of aromatic nitrogens is 2. The second-order valence-electron chi connectivity index (χ2n) is 10.7. The maximum absolute atomic E-state index is 15.1. The van der Waals surface area contributed by atoms with Crippen molar-refractivity contribution in [1.82, 2.24) is 19.8 Å². The highest BCUT2D eigenvalue weighted by atomic mass is 19.1. The lowest BCUT2D eigenvalue weighted by Crippen LogP contribution is -2.40. The number of nitrogens with one attached hydrogen (secondary N) is 1. The van der Waals surface area contributed by atoms with Gasteiger partial charge in [-0.2, -0.15) is 0 Å². The predicted molar refractivity (Wildman–Crippen MR) is 144 cm³/mol. The lowest BCUT2D eigenvalue weighted by molar-refractivity contribution is -0.127. The number of imidazole rings is 1. The largest absolute Gasteiger partial charge is 0.383 e. The van der Waals surface area contributed by atoms with Crippen LogP contribution in [0.2, 0.25) is 0 Å². The van der Waals surface area contributed by atoms with Crippen LogP contribution in [-0.2, 0) is 14.3 Å². The number of nitrogens with zero attached hydrogens (tertiary/aromatic N) is 4. The highest BCUT2D eigenvalue weighted by Crippen LogP contribution is 2.37. The molecule has 6 rings (SSSR count). The maximum atomic E-state index is 15.1. The normalized spacial score (nSPS) is 25.6. The van der Waals surface area contributed by atoms with Crippen molar-refractivity contribution in [2.75, 3.05) is 20.3 Å². The number of ether oxygens (including phenoxy) is 1. The number of rotatable bonds is 7. The van der Waals surface area contributed by atoms with E-state index in [-0.39, 0.29) is 41.1 Å². The van der Waals surface area contributed by atoms with Gasteiger partial charge < -0.3 is 25.3 Å². The van der Waals surface area contributed by atoms with Gasteiger partial charge in [0.15, 0.2) is 0 Å². The van der Waals surface area contributed by atoms with Crippen molar-refractivity contribution in [3.63, 3.8) is 0 Å². The average molecular weight is 531 g/mol. The number of aliphatic imine (C=N–C) groups is 1. The molecule has 1 unspecified atom stereocenters. The summed E-state index contributed by atoms with van der Waals surface area (Å²) >= 11 is 0. The summed E-state index contributed by atoms with van der Waals surface area (Å²) in [5, 5.41) is 3.37. The molecule has 9 nitrogen and oxygen atoms in total. The molecule has 3 atom stereocenters. The van der Waals surface area contributed by atoms with Crippen molar-refractivity contribution in [3.8, 4) is 11.8 Å². The number of carbonyl (C=O) groups excluding carboxylic acids is 2. The fourth-order valence-electron chi connectivity index (χ4n) is 5.66. The number of benzene rings is 1. The molecule has 4 aliphatic rings. The molecule has 2 aliphatic carbocycles. The van der Waals surface area contributed by atoms with Gasteiger partial charge in [0.25, 0.3) is 5.91 Å². The van der Waals surface area contributed by atoms with Crippen molar-refractivity contribution in [1.29, 1.82) is 0 Å². The van der Waals surface area contributed by atoms with Crippen LogP contribution in [0, 0.1) is 23.6 Å². The SMILES string of the molecule is C=CC(=O)N1C[C@@H](C2NC(C#Cc3cc4ncn(C5CC5)c4cc3F)=C(C(N)=O)C2=NC2CC2)C[C@@H]1COC. The molecule has 3 heterocycles. The maximum Gasteiger partial charge on any atom is 0.253 e. The van der Waals surface area contributed by atoms with Crippen molar-refractivity contribution < 1.29 is 18.7 Å². The van der Waals surface area contributed by atoms with Gasteiger partial charge in [0.05, 0.1) is 58.9 Å². The van der Waals surface area contributed by atoms with Gasteiger partial charge in [0.1, 0.15) is 11.5 Å². The number of methoxy groups -OCH3 is 1. The molecule has 1 aromatic heterocycles. The molecule has 2 aliphatic heterocycles. The average Bonchev–Trinajstić information content (AvgIpc) is 3.81. The van der Waals surface area contributed by atoms with Gasteiger partial charge in [-0.1, -0.05) is 12.5 Å². The highest BCUT2D eigenvalue weighted by Gasteiger charge is 2.45. The van der Waals surface area contributed by atoms with Crippen LogP contribution in [0.1, 0.15) is 43.7 Å². The molecule has 0 radical (unpaired) electrons. The first-order valence-electron chi connectivity index (χ1n) is 13.4. The standard InChI is InChI=1S/C29H31FN6O3/c1-3-25(37)35-13-17(10-20(35)14-39-2)27-28(33-18-5-6-18)26(29(31)38)22(34-27)9-4-16-11-23-24(12-21(16)30)36(15-32-23)19-7-8-19/h3,11-12,15,17-20,27,34H,1,5-8,10,13-14H2,2H3,(H2,31,38)/t17-,20+,27?/m0/s1. The zero-order chi connectivity index (χ0) is 27.3. The van der Waals surface area contributed by atoms with Gasteiger partial charge in [0, 0.05) is 31.7 Å². The Bertz CT molecular complexity index is 1490. The van der Waals surface area contributed by atoms with Gasteiger partial charge in [-0.3, -0.25) is 14.6 Å². The van der Waals surface area contributed by atoms with Crippen LogP contribution in [0.15, 0.2) is 47.4 Å². The Morgan fingerprint density at radius 2 is 2.10 bits per heavy atom. The van der Waals surface area contributed by atoms with E-state index in [1.165, 1.54) is 12.1 Å². The quantitative estimate of drug-likeness (QED) is 0.421. The van der Waals surface area contributed by atoms with E-state index in [1.54, 1.807) is 24.4 Å². The Morgan fingerprint density at radius 3 is 2.77 bits per heavy atom. The highest BCUT2D eigenvalue weighted by molar-refractivity contribution is 6.26. The van der Waals surface area contributed by atoms with Crippen LogP contribution in [0.3, 0.4) is 0 Å². The Morgan fingerprint density at radius 1 is 1.31 bits per heavy atom. The van der Waals surface area contributed by atoms with Crippen LogP contribution >= 0.6 is 0 Å². The summed E-state index contributed by atoms with van der Waals surface area (Å²) in [4.78, 5) is 36.3. The molecule has 1 aromatic carbocycles. The summed E-state index contributed by atoms with van der Waals surface area (Å²) in [6.07, 6.45) is 7.73. The first-order chi connectivity index (χ1) is 18.9. The number of carbonyl (C=O) groups is 2. The summed E-state index contributed by atoms with van der Waals surface area (Å²) in [6, 6.07) is 3.14. The summed E-state index contributed by atoms with van der Waals surface area (Å²) in [5.74, 6) is 4.56. The van der Waals surface area contributed by atoms with E-state index < -0.39 is 11.7 Å². The Hall–Kier alpha value is -3.97. The zero-order valence-electron chi connectivity index (χ0n) is 21.8. The number of fused-ring (bicyclic) bond motifs is 1. The predicted octanol–water partition coefficient (Wildman–Crippen LogP) is 2.23. The summed E-state index contributed by atoms with van der Waals surface area (Å²) in [6.45, 7) is 4.46. The molecular formula is C29H31FN6O3. The smallest absolute Gasteiger partial charge is 0.253 e. The van der Waals surface area contributed by atoms with Crippen molar-refractivity contribution in [3.05, 3.63) is 53.8 Å². The Kier molecular flexibility index (Phi) is 6.47. The molecule has 2 saturated carbocycles. The minimum atomic E-state index is -0.640. The third kappa shape index (κ3) is 4.83. The van der Waals surface area contributed by atoms with Gasteiger partial charge in [-0.15, -0.1) is 0 Å². The Balaban J connectivity index is 1.33. The monoisotopic (exact) mass is 530 g/mol. The number of likely N-dealkylation sites (tertiary alicyclic amines) is 1. The number of nitrogens with two attached hydrogens (primary N) is 1. The molecule has 0 spiro atoms. The van der Waals surface area contributed by atoms with Gasteiger partial charge in [-0.05, 0) is 50.2 Å². The fourth-order valence-corrected chi connectivity index (χ4v) is 5.66. The number of halogens is 1. The van der Waals surface area contributed by atoms with Crippen LogP contribution in [-0.4, -0.2) is 70.4 Å². The van der Waals surface area contributed by atoms with Crippen LogP contribution in [0.4, 0.5) is 4.39 Å². The lowest BCUT2D eigenvalue weighted by Gasteiger charge is -2.23. The molecule has 3 N–H and O–H groups in total. The number of primary amides is 1. The van der Waals surface area contributed by atoms with E-state index in [1.807, 2.05) is 4.57 Å².